The van der Waals surface area contributed by atoms with Crippen molar-refractivity contribution in [1.29, 1.82) is 0 Å². The third kappa shape index (κ3) is 2.96. The average Bonchev–Trinajstić information content (AvgIpc) is 2.78. The predicted molar refractivity (Wildman–Crippen MR) is 85.8 cm³/mol. The van der Waals surface area contributed by atoms with E-state index in [0.717, 1.165) is 34.2 Å². The van der Waals surface area contributed by atoms with Crippen LogP contribution in [-0.2, 0) is 11.3 Å². The lowest BCUT2D eigenvalue weighted by atomic mass is 9.79. The molecule has 1 aliphatic carbocycles. The summed E-state index contributed by atoms with van der Waals surface area (Å²) in [5, 5.41) is 2.97. The van der Waals surface area contributed by atoms with Crippen molar-refractivity contribution in [2.75, 3.05) is 14.1 Å². The van der Waals surface area contributed by atoms with Gasteiger partial charge in [-0.3, -0.25) is 4.79 Å². The van der Waals surface area contributed by atoms with Crippen molar-refractivity contribution >= 4 is 32.9 Å². The Hall–Kier alpha value is -1.40. The SMILES string of the molecule is CN(C)C1CC(C(=O)NCc2nc3c(Br)cccc3[nH]2)C1. The van der Waals surface area contributed by atoms with E-state index < -0.39 is 0 Å². The normalized spacial score (nSPS) is 21.5. The molecule has 1 saturated carbocycles. The van der Waals surface area contributed by atoms with E-state index in [1.165, 1.54) is 0 Å². The summed E-state index contributed by atoms with van der Waals surface area (Å²) in [5.74, 6) is 1.06. The number of fused-ring (bicyclic) bond motifs is 1. The maximum atomic E-state index is 12.1. The second-order valence-electron chi connectivity index (χ2n) is 5.82. The number of nitrogens with zero attached hydrogens (tertiary/aromatic N) is 2. The van der Waals surface area contributed by atoms with Crippen molar-refractivity contribution < 1.29 is 4.79 Å². The van der Waals surface area contributed by atoms with Crippen LogP contribution in [0, 0.1) is 5.92 Å². The van der Waals surface area contributed by atoms with Crippen molar-refractivity contribution in [2.45, 2.75) is 25.4 Å². The number of hydrogen-bond donors (Lipinski definition) is 2. The summed E-state index contributed by atoms with van der Waals surface area (Å²) in [4.78, 5) is 22.0. The van der Waals surface area contributed by atoms with Crippen molar-refractivity contribution in [1.82, 2.24) is 20.2 Å². The molecule has 1 amide bonds. The number of carbonyl (C=O) groups excluding carboxylic acids is 1. The van der Waals surface area contributed by atoms with Gasteiger partial charge in [-0.05, 0) is 55.0 Å². The molecular weight excluding hydrogens is 332 g/mol. The fourth-order valence-electron chi connectivity index (χ4n) is 2.67. The van der Waals surface area contributed by atoms with Gasteiger partial charge in [0.05, 0.1) is 12.1 Å². The molecule has 1 aromatic carbocycles. The van der Waals surface area contributed by atoms with Gasteiger partial charge in [-0.1, -0.05) is 6.07 Å². The molecule has 5 nitrogen and oxygen atoms in total. The highest BCUT2D eigenvalue weighted by atomic mass is 79.9. The zero-order valence-electron chi connectivity index (χ0n) is 12.2. The minimum atomic E-state index is 0.132. The standard InChI is InChI=1S/C15H19BrN4O/c1-20(2)10-6-9(7-10)15(21)17-8-13-18-12-5-3-4-11(16)14(12)19-13/h3-5,9-10H,6-8H2,1-2H3,(H,17,21)(H,18,19). The quantitative estimate of drug-likeness (QED) is 0.889. The number of para-hydroxylation sites is 1. The van der Waals surface area contributed by atoms with E-state index in [2.05, 4.69) is 50.2 Å². The molecular formula is C15H19BrN4O. The van der Waals surface area contributed by atoms with E-state index in [-0.39, 0.29) is 11.8 Å². The second kappa shape index (κ2) is 5.77. The number of benzene rings is 1. The van der Waals surface area contributed by atoms with Gasteiger partial charge >= 0.3 is 0 Å². The number of nitrogens with one attached hydrogen (secondary N) is 2. The first-order chi connectivity index (χ1) is 10.0. The molecule has 0 saturated heterocycles. The third-order valence-corrected chi connectivity index (χ3v) is 4.80. The van der Waals surface area contributed by atoms with Gasteiger partial charge in [0, 0.05) is 16.4 Å². The highest BCUT2D eigenvalue weighted by Gasteiger charge is 2.35. The molecule has 0 spiro atoms. The van der Waals surface area contributed by atoms with Crippen molar-refractivity contribution in [3.05, 3.63) is 28.5 Å². The largest absolute Gasteiger partial charge is 0.349 e. The Morgan fingerprint density at radius 3 is 2.90 bits per heavy atom. The van der Waals surface area contributed by atoms with Gasteiger partial charge in [-0.15, -0.1) is 0 Å². The molecule has 1 aliphatic rings. The fraction of sp³-hybridized carbons (Fsp3) is 0.467. The molecule has 2 N–H and O–H groups in total. The van der Waals surface area contributed by atoms with Gasteiger partial charge in [-0.25, -0.2) is 4.98 Å². The lowest BCUT2D eigenvalue weighted by molar-refractivity contribution is -0.129. The summed E-state index contributed by atoms with van der Waals surface area (Å²) in [5.41, 5.74) is 1.88. The van der Waals surface area contributed by atoms with E-state index in [4.69, 9.17) is 0 Å². The first kappa shape index (κ1) is 14.5. The number of rotatable bonds is 4. The topological polar surface area (TPSA) is 61.0 Å². The van der Waals surface area contributed by atoms with Gasteiger partial charge in [-0.2, -0.15) is 0 Å². The molecule has 6 heteroatoms. The van der Waals surface area contributed by atoms with E-state index >= 15 is 0 Å². The lowest BCUT2D eigenvalue weighted by Crippen LogP contribution is -2.46. The Morgan fingerprint density at radius 1 is 1.48 bits per heavy atom. The molecule has 0 bridgehead atoms. The summed E-state index contributed by atoms with van der Waals surface area (Å²) in [6, 6.07) is 6.44. The smallest absolute Gasteiger partial charge is 0.223 e. The van der Waals surface area contributed by atoms with Crippen LogP contribution in [-0.4, -0.2) is 40.9 Å². The molecule has 1 fully saturated rings. The van der Waals surface area contributed by atoms with Crippen LogP contribution in [0.3, 0.4) is 0 Å². The van der Waals surface area contributed by atoms with Gasteiger partial charge < -0.3 is 15.2 Å². The number of amides is 1. The van der Waals surface area contributed by atoms with Gasteiger partial charge in [0.1, 0.15) is 11.3 Å². The highest BCUT2D eigenvalue weighted by molar-refractivity contribution is 9.10. The van der Waals surface area contributed by atoms with Crippen LogP contribution in [0.25, 0.3) is 11.0 Å². The molecule has 0 aliphatic heterocycles. The Morgan fingerprint density at radius 2 is 2.24 bits per heavy atom. The number of carbonyl (C=O) groups is 1. The molecule has 21 heavy (non-hydrogen) atoms. The number of aromatic amines is 1. The summed E-state index contributed by atoms with van der Waals surface area (Å²) in [7, 11) is 4.12. The molecule has 2 aromatic rings. The predicted octanol–water partition coefficient (Wildman–Crippen LogP) is 2.28. The summed E-state index contributed by atoms with van der Waals surface area (Å²) in [6.07, 6.45) is 1.90. The molecule has 3 rings (SSSR count). The van der Waals surface area contributed by atoms with Gasteiger partial charge in [0.15, 0.2) is 0 Å². The van der Waals surface area contributed by atoms with Crippen LogP contribution in [0.2, 0.25) is 0 Å². The summed E-state index contributed by atoms with van der Waals surface area (Å²) >= 11 is 3.48. The minimum Gasteiger partial charge on any atom is -0.349 e. The number of aromatic nitrogens is 2. The lowest BCUT2D eigenvalue weighted by Gasteiger charge is -2.38. The number of hydrogen-bond acceptors (Lipinski definition) is 3. The average molecular weight is 351 g/mol. The minimum absolute atomic E-state index is 0.132. The number of halogens is 1. The first-order valence-electron chi connectivity index (χ1n) is 7.12. The van der Waals surface area contributed by atoms with Gasteiger partial charge in [0.2, 0.25) is 5.91 Å². The highest BCUT2D eigenvalue weighted by Crippen LogP contribution is 2.30. The summed E-state index contributed by atoms with van der Waals surface area (Å²) < 4.78 is 0.960. The zero-order chi connectivity index (χ0) is 15.0. The van der Waals surface area contributed by atoms with Crippen molar-refractivity contribution in [2.24, 2.45) is 5.92 Å². The Labute approximate surface area is 132 Å². The Kier molecular flexibility index (Phi) is 3.99. The number of H-pyrrole nitrogens is 1. The van der Waals surface area contributed by atoms with Crippen LogP contribution in [0.15, 0.2) is 22.7 Å². The van der Waals surface area contributed by atoms with Crippen LogP contribution >= 0.6 is 15.9 Å². The summed E-state index contributed by atoms with van der Waals surface area (Å²) in [6.45, 7) is 0.448. The number of imidazole rings is 1. The molecule has 112 valence electrons. The molecule has 1 aromatic heterocycles. The third-order valence-electron chi connectivity index (χ3n) is 4.16. The molecule has 0 radical (unpaired) electrons. The monoisotopic (exact) mass is 350 g/mol. The maximum absolute atomic E-state index is 12.1. The van der Waals surface area contributed by atoms with Crippen molar-refractivity contribution in [3.8, 4) is 0 Å². The van der Waals surface area contributed by atoms with E-state index in [0.29, 0.717) is 12.6 Å². The second-order valence-corrected chi connectivity index (χ2v) is 6.68. The Balaban J connectivity index is 1.57. The zero-order valence-corrected chi connectivity index (χ0v) is 13.8. The van der Waals surface area contributed by atoms with Crippen molar-refractivity contribution in [3.63, 3.8) is 0 Å². The van der Waals surface area contributed by atoms with Crippen LogP contribution in [0.1, 0.15) is 18.7 Å². The van der Waals surface area contributed by atoms with E-state index in [9.17, 15) is 4.79 Å². The fourth-order valence-corrected chi connectivity index (χ4v) is 3.13. The first-order valence-corrected chi connectivity index (χ1v) is 7.91. The maximum Gasteiger partial charge on any atom is 0.223 e. The van der Waals surface area contributed by atoms with Crippen LogP contribution in [0.5, 0.6) is 0 Å². The van der Waals surface area contributed by atoms with E-state index in [1.807, 2.05) is 18.2 Å². The van der Waals surface area contributed by atoms with E-state index in [1.54, 1.807) is 0 Å². The molecule has 1 heterocycles. The molecule has 0 atom stereocenters. The van der Waals surface area contributed by atoms with Crippen LogP contribution in [0.4, 0.5) is 0 Å². The molecule has 0 unspecified atom stereocenters. The Bertz CT molecular complexity index is 661. The van der Waals surface area contributed by atoms with Gasteiger partial charge in [0.25, 0.3) is 0 Å². The van der Waals surface area contributed by atoms with Crippen LogP contribution < -0.4 is 5.32 Å².